The lowest BCUT2D eigenvalue weighted by Gasteiger charge is -2.19. The largest absolute Gasteiger partial charge is 0.340 e. The van der Waals surface area contributed by atoms with Gasteiger partial charge in [-0.15, -0.1) is 0 Å². The Kier molecular flexibility index (Phi) is 3.14. The minimum Gasteiger partial charge on any atom is -0.340 e. The maximum Gasteiger partial charge on any atom is 0.199 e. The molecule has 1 aromatic heterocycles. The molecule has 0 radical (unpaired) electrons. The third-order valence-corrected chi connectivity index (χ3v) is 2.23. The molecule has 5 nitrogen and oxygen atoms in total. The molecule has 0 bridgehead atoms. The summed E-state index contributed by atoms with van der Waals surface area (Å²) in [4.78, 5) is 10.7. The smallest absolute Gasteiger partial charge is 0.199 e. The Labute approximate surface area is 89.0 Å². The van der Waals surface area contributed by atoms with Crippen molar-refractivity contribution in [2.24, 2.45) is 10.7 Å². The van der Waals surface area contributed by atoms with Crippen molar-refractivity contribution in [3.05, 3.63) is 24.4 Å². The molecular formula is C10H15N5. The molecule has 2 rings (SSSR count). The number of hydrogen-bond acceptors (Lipinski definition) is 5. The fraction of sp³-hybridized carbons (Fsp3) is 0.400. The molecule has 0 saturated heterocycles. The summed E-state index contributed by atoms with van der Waals surface area (Å²) in [5, 5.41) is 3.18. The predicted molar refractivity (Wildman–Crippen MR) is 60.8 cm³/mol. The van der Waals surface area contributed by atoms with Gasteiger partial charge in [0, 0.05) is 25.8 Å². The molecule has 0 saturated carbocycles. The van der Waals surface area contributed by atoms with E-state index in [1.807, 2.05) is 18.2 Å². The summed E-state index contributed by atoms with van der Waals surface area (Å²) < 4.78 is 0. The molecule has 5 heteroatoms. The van der Waals surface area contributed by atoms with Crippen LogP contribution in [0.2, 0.25) is 0 Å². The summed E-state index contributed by atoms with van der Waals surface area (Å²) in [5.41, 5.74) is 5.52. The summed E-state index contributed by atoms with van der Waals surface area (Å²) in [6, 6.07) is 5.75. The first-order valence-electron chi connectivity index (χ1n) is 5.07. The highest BCUT2D eigenvalue weighted by Crippen LogP contribution is 2.06. The fourth-order valence-electron chi connectivity index (χ4n) is 1.53. The molecule has 0 aliphatic carbocycles. The molecule has 0 unspecified atom stereocenters. The van der Waals surface area contributed by atoms with Gasteiger partial charge < -0.3 is 16.0 Å². The molecule has 1 aliphatic heterocycles. The number of nitrogens with two attached hydrogens (primary N) is 1. The lowest BCUT2D eigenvalue weighted by atomic mass is 10.4. The average molecular weight is 205 g/mol. The number of pyridine rings is 1. The highest BCUT2D eigenvalue weighted by molar-refractivity contribution is 5.93. The van der Waals surface area contributed by atoms with Crippen LogP contribution < -0.4 is 11.1 Å². The van der Waals surface area contributed by atoms with Crippen LogP contribution in [0.3, 0.4) is 0 Å². The van der Waals surface area contributed by atoms with E-state index in [1.54, 1.807) is 6.20 Å². The minimum atomic E-state index is 0.642. The van der Waals surface area contributed by atoms with Crippen LogP contribution >= 0.6 is 0 Å². The molecule has 80 valence electrons. The van der Waals surface area contributed by atoms with E-state index in [0.717, 1.165) is 31.4 Å². The summed E-state index contributed by atoms with van der Waals surface area (Å²) in [6.07, 6.45) is 1.76. The molecule has 0 fully saturated rings. The molecule has 0 aromatic carbocycles. The van der Waals surface area contributed by atoms with E-state index in [-0.39, 0.29) is 0 Å². The van der Waals surface area contributed by atoms with Gasteiger partial charge in [0.25, 0.3) is 0 Å². The van der Waals surface area contributed by atoms with Gasteiger partial charge in [-0.2, -0.15) is 0 Å². The van der Waals surface area contributed by atoms with Crippen molar-refractivity contribution in [1.29, 1.82) is 0 Å². The highest BCUT2D eigenvalue weighted by Gasteiger charge is 2.15. The molecule has 3 N–H and O–H groups in total. The standard InChI is InChI=1S/C10H15N5/c11-4-7-15-8-6-13-10(15)14-9-3-1-2-5-12-9/h1-3,5H,4,6-8,11H2,(H,12,13,14). The molecular weight excluding hydrogens is 190 g/mol. The molecule has 2 heterocycles. The van der Waals surface area contributed by atoms with E-state index in [0.29, 0.717) is 6.54 Å². The van der Waals surface area contributed by atoms with Crippen LogP contribution in [0.15, 0.2) is 29.4 Å². The van der Waals surface area contributed by atoms with E-state index in [9.17, 15) is 0 Å². The van der Waals surface area contributed by atoms with Gasteiger partial charge in [-0.05, 0) is 12.1 Å². The zero-order chi connectivity index (χ0) is 10.5. The Bertz CT molecular complexity index is 335. The van der Waals surface area contributed by atoms with Crippen LogP contribution in [0.1, 0.15) is 0 Å². The van der Waals surface area contributed by atoms with E-state index in [2.05, 4.69) is 20.2 Å². The zero-order valence-corrected chi connectivity index (χ0v) is 8.56. The Balaban J connectivity index is 2.00. The van der Waals surface area contributed by atoms with E-state index < -0.39 is 0 Å². The molecule has 0 spiro atoms. The van der Waals surface area contributed by atoms with Crippen LogP contribution in [-0.4, -0.2) is 42.0 Å². The second-order valence-corrected chi connectivity index (χ2v) is 3.32. The summed E-state index contributed by atoms with van der Waals surface area (Å²) >= 11 is 0. The fourth-order valence-corrected chi connectivity index (χ4v) is 1.53. The van der Waals surface area contributed by atoms with E-state index in [4.69, 9.17) is 5.73 Å². The van der Waals surface area contributed by atoms with E-state index in [1.165, 1.54) is 0 Å². The normalized spacial score (nSPS) is 15.3. The molecule has 0 atom stereocenters. The summed E-state index contributed by atoms with van der Waals surface area (Å²) in [5.74, 6) is 1.69. The average Bonchev–Trinajstić information content (AvgIpc) is 2.68. The first-order valence-corrected chi connectivity index (χ1v) is 5.07. The molecule has 1 aliphatic rings. The van der Waals surface area contributed by atoms with E-state index >= 15 is 0 Å². The van der Waals surface area contributed by atoms with Crippen molar-refractivity contribution >= 4 is 11.8 Å². The number of anilines is 1. The number of guanidine groups is 1. The van der Waals surface area contributed by atoms with Crippen LogP contribution in [0.5, 0.6) is 0 Å². The third kappa shape index (κ3) is 2.44. The number of nitrogens with one attached hydrogen (secondary N) is 1. The number of nitrogens with zero attached hydrogens (tertiary/aromatic N) is 3. The molecule has 15 heavy (non-hydrogen) atoms. The van der Waals surface area contributed by atoms with Crippen LogP contribution in [-0.2, 0) is 0 Å². The van der Waals surface area contributed by atoms with Crippen molar-refractivity contribution in [2.45, 2.75) is 0 Å². The number of rotatable bonds is 3. The Morgan fingerprint density at radius 1 is 1.47 bits per heavy atom. The van der Waals surface area contributed by atoms with Crippen molar-refractivity contribution in [2.75, 3.05) is 31.5 Å². The number of hydrogen-bond donors (Lipinski definition) is 2. The Hall–Kier alpha value is -1.62. The minimum absolute atomic E-state index is 0.642. The van der Waals surface area contributed by atoms with Crippen LogP contribution in [0, 0.1) is 0 Å². The summed E-state index contributed by atoms with van der Waals surface area (Å²) in [6.45, 7) is 3.24. The van der Waals surface area contributed by atoms with Crippen LogP contribution in [0.4, 0.5) is 5.82 Å². The van der Waals surface area contributed by atoms with Gasteiger partial charge in [-0.1, -0.05) is 6.07 Å². The Morgan fingerprint density at radius 3 is 3.13 bits per heavy atom. The Morgan fingerprint density at radius 2 is 2.40 bits per heavy atom. The third-order valence-electron chi connectivity index (χ3n) is 2.23. The number of aliphatic imine (C=N–C) groups is 1. The monoisotopic (exact) mass is 205 g/mol. The second-order valence-electron chi connectivity index (χ2n) is 3.32. The topological polar surface area (TPSA) is 66.5 Å². The van der Waals surface area contributed by atoms with Crippen molar-refractivity contribution in [3.63, 3.8) is 0 Å². The van der Waals surface area contributed by atoms with Crippen molar-refractivity contribution < 1.29 is 0 Å². The van der Waals surface area contributed by atoms with Crippen LogP contribution in [0.25, 0.3) is 0 Å². The van der Waals surface area contributed by atoms with Gasteiger partial charge >= 0.3 is 0 Å². The summed E-state index contributed by atoms with van der Waals surface area (Å²) in [7, 11) is 0. The highest BCUT2D eigenvalue weighted by atomic mass is 15.3. The van der Waals surface area contributed by atoms with Gasteiger partial charge in [0.2, 0.25) is 0 Å². The van der Waals surface area contributed by atoms with Gasteiger partial charge in [-0.25, -0.2) is 4.98 Å². The first kappa shape index (κ1) is 9.92. The van der Waals surface area contributed by atoms with Gasteiger partial charge in [0.15, 0.2) is 5.96 Å². The maximum absolute atomic E-state index is 5.52. The predicted octanol–water partition coefficient (Wildman–Crippen LogP) is 0.124. The van der Waals surface area contributed by atoms with Crippen molar-refractivity contribution in [1.82, 2.24) is 9.88 Å². The maximum atomic E-state index is 5.52. The second kappa shape index (κ2) is 4.75. The quantitative estimate of drug-likeness (QED) is 0.735. The van der Waals surface area contributed by atoms with Gasteiger partial charge in [0.1, 0.15) is 5.82 Å². The zero-order valence-electron chi connectivity index (χ0n) is 8.56. The lowest BCUT2D eigenvalue weighted by Crippen LogP contribution is -2.36. The van der Waals surface area contributed by atoms with Gasteiger partial charge in [0.05, 0.1) is 6.54 Å². The SMILES string of the molecule is NCCN1CCN=C1Nc1ccccn1. The number of aromatic nitrogens is 1. The van der Waals surface area contributed by atoms with Crippen molar-refractivity contribution in [3.8, 4) is 0 Å². The lowest BCUT2D eigenvalue weighted by molar-refractivity contribution is 0.467. The first-order chi connectivity index (χ1) is 7.40. The molecule has 0 amide bonds. The molecule has 1 aromatic rings. The van der Waals surface area contributed by atoms with Gasteiger partial charge in [-0.3, -0.25) is 4.99 Å².